The van der Waals surface area contributed by atoms with Crippen LogP contribution in [0.3, 0.4) is 0 Å². The Hall–Kier alpha value is 1.32. The molecule has 6 heteroatoms. The third-order valence-corrected chi connectivity index (χ3v) is 7.65. The van der Waals surface area contributed by atoms with Crippen molar-refractivity contribution >= 4 is 91.0 Å². The molecule has 0 bridgehead atoms. The van der Waals surface area contributed by atoms with Crippen LogP contribution in [0.4, 0.5) is 0 Å². The van der Waals surface area contributed by atoms with Gasteiger partial charge in [-0.3, -0.25) is 0 Å². The Morgan fingerprint density at radius 2 is 1.47 bits per heavy atom. The molecule has 0 radical (unpaired) electrons. The van der Waals surface area contributed by atoms with Gasteiger partial charge in [-0.1, -0.05) is 47.8 Å². The van der Waals surface area contributed by atoms with Gasteiger partial charge in [0.15, 0.2) is 0 Å². The first-order valence-corrected chi connectivity index (χ1v) is 9.42. The maximum atomic E-state index is 3.74. The molecular formula is C11H5Br5S. The monoisotopic (exact) mass is 564 g/mol. The van der Waals surface area contributed by atoms with Crippen molar-refractivity contribution in [3.63, 3.8) is 0 Å². The first kappa shape index (κ1) is 14.7. The Morgan fingerprint density at radius 1 is 0.882 bits per heavy atom. The molecular weight excluding hydrogens is 564 g/mol. The van der Waals surface area contributed by atoms with E-state index < -0.39 is 0 Å². The van der Waals surface area contributed by atoms with E-state index in [-0.39, 0.29) is 4.83 Å². The SMILES string of the molecule is Brc1cc(Br)cc(C(Br)c2cc(Br)c(Br)s2)c1. The molecule has 1 heterocycles. The van der Waals surface area contributed by atoms with Crippen LogP contribution in [0.25, 0.3) is 0 Å². The maximum Gasteiger partial charge on any atom is 0.0843 e. The minimum atomic E-state index is 0.198. The summed E-state index contributed by atoms with van der Waals surface area (Å²) in [7, 11) is 0. The van der Waals surface area contributed by atoms with Gasteiger partial charge in [-0.25, -0.2) is 0 Å². The van der Waals surface area contributed by atoms with Crippen molar-refractivity contribution in [1.82, 2.24) is 0 Å². The van der Waals surface area contributed by atoms with Crippen LogP contribution in [0.5, 0.6) is 0 Å². The number of hydrogen-bond acceptors (Lipinski definition) is 1. The maximum absolute atomic E-state index is 3.74. The van der Waals surface area contributed by atoms with Crippen LogP contribution in [0, 0.1) is 0 Å². The molecule has 0 N–H and O–H groups in total. The first-order chi connectivity index (χ1) is 7.97. The number of benzene rings is 1. The van der Waals surface area contributed by atoms with E-state index in [0.717, 1.165) is 17.2 Å². The fourth-order valence-corrected chi connectivity index (χ4v) is 5.48. The van der Waals surface area contributed by atoms with Gasteiger partial charge >= 0.3 is 0 Å². The molecule has 1 atom stereocenters. The number of thiophene rings is 1. The van der Waals surface area contributed by atoms with Crippen LogP contribution in [0.2, 0.25) is 0 Å². The largest absolute Gasteiger partial charge is 0.131 e. The Bertz CT molecular complexity index is 509. The van der Waals surface area contributed by atoms with E-state index in [1.165, 1.54) is 10.4 Å². The van der Waals surface area contributed by atoms with Crippen molar-refractivity contribution in [2.24, 2.45) is 0 Å². The topological polar surface area (TPSA) is 0 Å². The number of halogens is 5. The lowest BCUT2D eigenvalue weighted by Gasteiger charge is -2.09. The van der Waals surface area contributed by atoms with Crippen LogP contribution >= 0.6 is 91.0 Å². The lowest BCUT2D eigenvalue weighted by atomic mass is 10.1. The minimum Gasteiger partial charge on any atom is -0.131 e. The van der Waals surface area contributed by atoms with Crippen LogP contribution in [-0.2, 0) is 0 Å². The number of rotatable bonds is 2. The third-order valence-electron chi connectivity index (χ3n) is 2.09. The van der Waals surface area contributed by atoms with E-state index in [1.54, 1.807) is 11.3 Å². The van der Waals surface area contributed by atoms with Crippen molar-refractivity contribution in [2.75, 3.05) is 0 Å². The van der Waals surface area contributed by atoms with E-state index in [1.807, 2.05) is 6.07 Å². The smallest absolute Gasteiger partial charge is 0.0843 e. The van der Waals surface area contributed by atoms with Crippen LogP contribution in [0.1, 0.15) is 15.3 Å². The van der Waals surface area contributed by atoms with Crippen LogP contribution in [0.15, 0.2) is 41.5 Å². The van der Waals surface area contributed by atoms with E-state index >= 15 is 0 Å². The van der Waals surface area contributed by atoms with Gasteiger partial charge in [0.1, 0.15) is 0 Å². The Balaban J connectivity index is 2.39. The zero-order valence-electron chi connectivity index (χ0n) is 8.18. The van der Waals surface area contributed by atoms with Gasteiger partial charge in [0.25, 0.3) is 0 Å². The van der Waals surface area contributed by atoms with E-state index in [2.05, 4.69) is 97.8 Å². The molecule has 2 rings (SSSR count). The van der Waals surface area contributed by atoms with Crippen molar-refractivity contribution in [1.29, 1.82) is 0 Å². The van der Waals surface area contributed by atoms with Crippen LogP contribution in [-0.4, -0.2) is 0 Å². The predicted molar refractivity (Wildman–Crippen MR) is 92.3 cm³/mol. The molecule has 2 aromatic rings. The predicted octanol–water partition coefficient (Wildman–Crippen LogP) is 7.28. The Kier molecular flexibility index (Phi) is 5.35. The molecule has 1 aromatic heterocycles. The summed E-state index contributed by atoms with van der Waals surface area (Å²) in [5.74, 6) is 0. The third kappa shape index (κ3) is 3.66. The molecule has 1 unspecified atom stereocenters. The second-order valence-electron chi connectivity index (χ2n) is 3.34. The van der Waals surface area contributed by atoms with E-state index in [4.69, 9.17) is 0 Å². The number of alkyl halides is 1. The fraction of sp³-hybridized carbons (Fsp3) is 0.0909. The molecule has 0 spiro atoms. The van der Waals surface area contributed by atoms with Crippen LogP contribution < -0.4 is 0 Å². The molecule has 0 fully saturated rings. The second-order valence-corrected chi connectivity index (χ2v) is 9.34. The van der Waals surface area contributed by atoms with Crippen molar-refractivity contribution in [3.8, 4) is 0 Å². The molecule has 1 aromatic carbocycles. The van der Waals surface area contributed by atoms with Crippen molar-refractivity contribution in [2.45, 2.75) is 4.83 Å². The molecule has 90 valence electrons. The number of hydrogen-bond donors (Lipinski definition) is 0. The molecule has 0 saturated heterocycles. The lowest BCUT2D eigenvalue weighted by molar-refractivity contribution is 1.21. The van der Waals surface area contributed by atoms with Gasteiger partial charge in [-0.15, -0.1) is 11.3 Å². The summed E-state index contributed by atoms with van der Waals surface area (Å²) < 4.78 is 4.35. The molecule has 17 heavy (non-hydrogen) atoms. The Labute approximate surface area is 146 Å². The quantitative estimate of drug-likeness (QED) is 0.334. The van der Waals surface area contributed by atoms with Gasteiger partial charge in [0, 0.05) is 18.3 Å². The summed E-state index contributed by atoms with van der Waals surface area (Å²) in [4.78, 5) is 1.46. The summed E-state index contributed by atoms with van der Waals surface area (Å²) in [6.45, 7) is 0. The highest BCUT2D eigenvalue weighted by Crippen LogP contribution is 2.42. The van der Waals surface area contributed by atoms with Gasteiger partial charge in [0.2, 0.25) is 0 Å². The average Bonchev–Trinajstić information content (AvgIpc) is 2.57. The fourth-order valence-electron chi connectivity index (χ4n) is 1.37. The Morgan fingerprint density at radius 3 is 1.94 bits per heavy atom. The highest BCUT2D eigenvalue weighted by Gasteiger charge is 2.15. The summed E-state index contributed by atoms with van der Waals surface area (Å²) >= 11 is 19.5. The highest BCUT2D eigenvalue weighted by molar-refractivity contribution is 9.13. The summed E-state index contributed by atoms with van der Waals surface area (Å²) in [6, 6.07) is 8.39. The average molecular weight is 569 g/mol. The molecule has 0 aliphatic carbocycles. The van der Waals surface area contributed by atoms with Crippen molar-refractivity contribution in [3.05, 3.63) is 51.9 Å². The van der Waals surface area contributed by atoms with E-state index in [9.17, 15) is 0 Å². The molecule has 0 aliphatic rings. The first-order valence-electron chi connectivity index (χ1n) is 4.52. The van der Waals surface area contributed by atoms with Crippen molar-refractivity contribution < 1.29 is 0 Å². The highest BCUT2D eigenvalue weighted by atomic mass is 79.9. The molecule has 0 amide bonds. The zero-order valence-corrected chi connectivity index (χ0v) is 16.9. The summed E-state index contributed by atoms with van der Waals surface area (Å²) in [5.41, 5.74) is 1.22. The second kappa shape index (κ2) is 6.18. The van der Waals surface area contributed by atoms with Gasteiger partial charge in [0.05, 0.1) is 8.61 Å². The summed E-state index contributed by atoms with van der Waals surface area (Å²) in [6.07, 6.45) is 0. The standard InChI is InChI=1S/C11H5Br5S/c12-6-1-5(2-7(13)3-6)10(15)9-4-8(14)11(16)17-9/h1-4,10H. The lowest BCUT2D eigenvalue weighted by Crippen LogP contribution is -1.89. The minimum absolute atomic E-state index is 0.198. The molecule has 0 aliphatic heterocycles. The normalized spacial score (nSPS) is 12.8. The van der Waals surface area contributed by atoms with Gasteiger partial charge < -0.3 is 0 Å². The summed E-state index contributed by atoms with van der Waals surface area (Å²) in [5, 5.41) is 0. The zero-order chi connectivity index (χ0) is 12.6. The van der Waals surface area contributed by atoms with E-state index in [0.29, 0.717) is 0 Å². The molecule has 0 saturated carbocycles. The van der Waals surface area contributed by atoms with Gasteiger partial charge in [-0.05, 0) is 61.7 Å². The van der Waals surface area contributed by atoms with Gasteiger partial charge in [-0.2, -0.15) is 0 Å². The molecule has 0 nitrogen and oxygen atoms in total.